The van der Waals surface area contributed by atoms with E-state index in [-0.39, 0.29) is 24.4 Å². The second-order valence-corrected chi connectivity index (χ2v) is 4.72. The maximum absolute atomic E-state index is 12.0. The molecule has 1 aliphatic heterocycles. The molecule has 1 aliphatic carbocycles. The highest BCUT2D eigenvalue weighted by Gasteiger charge is 2.37. The fraction of sp³-hybridized carbons (Fsp3) is 0.909. The van der Waals surface area contributed by atoms with Gasteiger partial charge in [-0.05, 0) is 25.7 Å². The minimum absolute atomic E-state index is 0. The Hall–Kier alpha value is -0.320. The van der Waals surface area contributed by atoms with E-state index in [4.69, 9.17) is 10.5 Å². The van der Waals surface area contributed by atoms with Gasteiger partial charge in [0.15, 0.2) is 0 Å². The van der Waals surface area contributed by atoms with Gasteiger partial charge >= 0.3 is 0 Å². The van der Waals surface area contributed by atoms with Crippen LogP contribution in [0.1, 0.15) is 38.5 Å². The van der Waals surface area contributed by atoms with Crippen LogP contribution in [0.5, 0.6) is 0 Å². The molecular formula is C11H21ClN2O2. The number of rotatable bonds is 2. The van der Waals surface area contributed by atoms with Crippen LogP contribution in [0, 0.1) is 0 Å². The summed E-state index contributed by atoms with van der Waals surface area (Å²) in [4.78, 5) is 12.0. The molecule has 0 atom stereocenters. The summed E-state index contributed by atoms with van der Waals surface area (Å²) >= 11 is 0. The van der Waals surface area contributed by atoms with Gasteiger partial charge in [0.1, 0.15) is 0 Å². The molecule has 0 radical (unpaired) electrons. The van der Waals surface area contributed by atoms with E-state index >= 15 is 0 Å². The lowest BCUT2D eigenvalue weighted by Gasteiger charge is -2.28. The zero-order valence-electron chi connectivity index (χ0n) is 9.54. The fourth-order valence-electron chi connectivity index (χ4n) is 2.40. The van der Waals surface area contributed by atoms with Crippen LogP contribution in [0.25, 0.3) is 0 Å². The second kappa shape index (κ2) is 5.84. The molecule has 1 amide bonds. The van der Waals surface area contributed by atoms with Gasteiger partial charge in [0.05, 0.1) is 5.54 Å². The van der Waals surface area contributed by atoms with Crippen molar-refractivity contribution in [2.24, 2.45) is 5.73 Å². The van der Waals surface area contributed by atoms with Crippen LogP contribution in [0.15, 0.2) is 0 Å². The number of hydrogen-bond donors (Lipinski definition) is 2. The SMILES string of the molecule is Cl.NC1(C(=O)NC2CCOCC2)CCCC1. The Bertz CT molecular complexity index is 236. The Balaban J connectivity index is 0.00000128. The third-order valence-corrected chi connectivity index (χ3v) is 3.50. The molecule has 3 N–H and O–H groups in total. The van der Waals surface area contributed by atoms with Crippen LogP contribution in [-0.4, -0.2) is 30.7 Å². The number of carbonyl (C=O) groups excluding carboxylic acids is 1. The average Bonchev–Trinajstić information content (AvgIpc) is 2.68. The summed E-state index contributed by atoms with van der Waals surface area (Å²) in [5.74, 6) is 0.0481. The predicted molar refractivity (Wildman–Crippen MR) is 64.6 cm³/mol. The van der Waals surface area contributed by atoms with Gasteiger partial charge in [0.2, 0.25) is 5.91 Å². The van der Waals surface area contributed by atoms with Crippen LogP contribution in [0.2, 0.25) is 0 Å². The summed E-state index contributed by atoms with van der Waals surface area (Å²) < 4.78 is 5.25. The van der Waals surface area contributed by atoms with Crippen molar-refractivity contribution in [2.45, 2.75) is 50.1 Å². The first kappa shape index (κ1) is 13.7. The molecule has 0 aromatic carbocycles. The van der Waals surface area contributed by atoms with E-state index in [9.17, 15) is 4.79 Å². The van der Waals surface area contributed by atoms with Gasteiger partial charge in [0, 0.05) is 19.3 Å². The van der Waals surface area contributed by atoms with E-state index in [1.807, 2.05) is 0 Å². The standard InChI is InChI=1S/C11H20N2O2.ClH/c12-11(5-1-2-6-11)10(14)13-9-3-7-15-8-4-9;/h9H,1-8,12H2,(H,13,14);1H. The number of nitrogens with two attached hydrogens (primary N) is 1. The molecule has 4 nitrogen and oxygen atoms in total. The van der Waals surface area contributed by atoms with Gasteiger partial charge in [-0.15, -0.1) is 12.4 Å². The van der Waals surface area contributed by atoms with Gasteiger partial charge in [-0.1, -0.05) is 12.8 Å². The smallest absolute Gasteiger partial charge is 0.240 e. The minimum atomic E-state index is -0.585. The van der Waals surface area contributed by atoms with Crippen molar-refractivity contribution in [1.82, 2.24) is 5.32 Å². The first-order valence-corrected chi connectivity index (χ1v) is 5.88. The molecule has 0 unspecified atom stereocenters. The fourth-order valence-corrected chi connectivity index (χ4v) is 2.40. The normalized spacial score (nSPS) is 24.8. The van der Waals surface area contributed by atoms with Crippen LogP contribution in [-0.2, 0) is 9.53 Å². The van der Waals surface area contributed by atoms with Crippen molar-refractivity contribution in [1.29, 1.82) is 0 Å². The number of hydrogen-bond acceptors (Lipinski definition) is 3. The van der Waals surface area contributed by atoms with Gasteiger partial charge in [-0.3, -0.25) is 4.79 Å². The summed E-state index contributed by atoms with van der Waals surface area (Å²) in [5.41, 5.74) is 5.49. The molecule has 0 spiro atoms. The second-order valence-electron chi connectivity index (χ2n) is 4.72. The molecule has 16 heavy (non-hydrogen) atoms. The van der Waals surface area contributed by atoms with Crippen molar-refractivity contribution in [2.75, 3.05) is 13.2 Å². The lowest BCUT2D eigenvalue weighted by atomic mass is 9.97. The van der Waals surface area contributed by atoms with Crippen molar-refractivity contribution < 1.29 is 9.53 Å². The third kappa shape index (κ3) is 3.09. The Morgan fingerprint density at radius 1 is 1.25 bits per heavy atom. The highest BCUT2D eigenvalue weighted by Crippen LogP contribution is 2.27. The topological polar surface area (TPSA) is 64.4 Å². The Kier molecular flexibility index (Phi) is 5.02. The van der Waals surface area contributed by atoms with Crippen molar-refractivity contribution in [3.05, 3.63) is 0 Å². The first-order chi connectivity index (χ1) is 7.21. The lowest BCUT2D eigenvalue weighted by molar-refractivity contribution is -0.127. The zero-order valence-corrected chi connectivity index (χ0v) is 10.4. The number of amides is 1. The van der Waals surface area contributed by atoms with E-state index in [0.717, 1.165) is 51.7 Å². The molecule has 0 aromatic rings. The molecule has 1 saturated carbocycles. The largest absolute Gasteiger partial charge is 0.381 e. The van der Waals surface area contributed by atoms with Crippen LogP contribution in [0.3, 0.4) is 0 Å². The number of carbonyl (C=O) groups is 1. The molecule has 0 aromatic heterocycles. The Labute approximate surface area is 103 Å². The minimum Gasteiger partial charge on any atom is -0.381 e. The zero-order chi connectivity index (χ0) is 10.7. The molecule has 5 heteroatoms. The maximum Gasteiger partial charge on any atom is 0.240 e. The lowest BCUT2D eigenvalue weighted by Crippen LogP contribution is -2.55. The van der Waals surface area contributed by atoms with Crippen molar-refractivity contribution >= 4 is 18.3 Å². The monoisotopic (exact) mass is 248 g/mol. The van der Waals surface area contributed by atoms with Crippen molar-refractivity contribution in [3.8, 4) is 0 Å². The molecule has 0 bridgehead atoms. The number of ether oxygens (including phenoxy) is 1. The van der Waals surface area contributed by atoms with E-state index < -0.39 is 5.54 Å². The van der Waals surface area contributed by atoms with Gasteiger partial charge in [-0.25, -0.2) is 0 Å². The Morgan fingerprint density at radius 3 is 2.38 bits per heavy atom. The molecule has 2 fully saturated rings. The van der Waals surface area contributed by atoms with Gasteiger partial charge < -0.3 is 15.8 Å². The van der Waals surface area contributed by atoms with Gasteiger partial charge in [-0.2, -0.15) is 0 Å². The van der Waals surface area contributed by atoms with Gasteiger partial charge in [0.25, 0.3) is 0 Å². The van der Waals surface area contributed by atoms with Crippen LogP contribution >= 0.6 is 12.4 Å². The van der Waals surface area contributed by atoms with E-state index in [0.29, 0.717) is 0 Å². The quantitative estimate of drug-likeness (QED) is 0.766. The van der Waals surface area contributed by atoms with E-state index in [2.05, 4.69) is 5.32 Å². The van der Waals surface area contributed by atoms with Crippen molar-refractivity contribution in [3.63, 3.8) is 0 Å². The summed E-state index contributed by atoms with van der Waals surface area (Å²) in [6, 6.07) is 0.271. The molecular weight excluding hydrogens is 228 g/mol. The molecule has 2 rings (SSSR count). The van der Waals surface area contributed by atoms with E-state index in [1.165, 1.54) is 0 Å². The number of halogens is 1. The summed E-state index contributed by atoms with van der Waals surface area (Å²) in [6.45, 7) is 1.50. The number of nitrogens with one attached hydrogen (secondary N) is 1. The highest BCUT2D eigenvalue weighted by molar-refractivity contribution is 5.86. The first-order valence-electron chi connectivity index (χ1n) is 5.88. The molecule has 1 heterocycles. The Morgan fingerprint density at radius 2 is 1.81 bits per heavy atom. The average molecular weight is 249 g/mol. The summed E-state index contributed by atoms with van der Waals surface area (Å²) in [6.07, 6.45) is 5.67. The maximum atomic E-state index is 12.0. The van der Waals surface area contributed by atoms with E-state index in [1.54, 1.807) is 0 Å². The summed E-state index contributed by atoms with van der Waals surface area (Å²) in [5, 5.41) is 3.06. The molecule has 1 saturated heterocycles. The molecule has 94 valence electrons. The predicted octanol–water partition coefficient (Wildman–Crippen LogP) is 0.975. The van der Waals surface area contributed by atoms with Crippen LogP contribution < -0.4 is 11.1 Å². The highest BCUT2D eigenvalue weighted by atomic mass is 35.5. The molecule has 2 aliphatic rings. The third-order valence-electron chi connectivity index (χ3n) is 3.50. The van der Waals surface area contributed by atoms with Crippen LogP contribution in [0.4, 0.5) is 0 Å². The summed E-state index contributed by atoms with van der Waals surface area (Å²) in [7, 11) is 0.